The van der Waals surface area contributed by atoms with E-state index < -0.39 is 97.2 Å². The summed E-state index contributed by atoms with van der Waals surface area (Å²) in [4.78, 5) is 100. The topological polar surface area (TPSA) is 238 Å². The molecule has 254 valence electrons. The zero-order valence-corrected chi connectivity index (χ0v) is 26.2. The first-order valence-electron chi connectivity index (χ1n) is 13.6. The summed E-state index contributed by atoms with van der Waals surface area (Å²) in [5, 5.41) is 2.77. The minimum Gasteiger partial charge on any atom is -0.465 e. The Labute approximate surface area is 258 Å². The van der Waals surface area contributed by atoms with E-state index in [0.717, 1.165) is 41.7 Å². The van der Waals surface area contributed by atoms with Crippen molar-refractivity contribution < 1.29 is 76.3 Å². The Morgan fingerprint density at radius 3 is 1.91 bits per heavy atom. The van der Waals surface area contributed by atoms with Gasteiger partial charge >= 0.3 is 42.0 Å². The van der Waals surface area contributed by atoms with Crippen molar-refractivity contribution in [2.75, 3.05) is 26.9 Å². The van der Waals surface area contributed by atoms with E-state index in [4.69, 9.17) is 37.9 Å². The van der Waals surface area contributed by atoms with E-state index in [-0.39, 0.29) is 18.2 Å². The lowest BCUT2D eigenvalue weighted by molar-refractivity contribution is -0.275. The van der Waals surface area contributed by atoms with Gasteiger partial charge < -0.3 is 43.2 Å². The molecule has 0 aromatic heterocycles. The van der Waals surface area contributed by atoms with Gasteiger partial charge in [-0.05, 0) is 13.8 Å². The van der Waals surface area contributed by atoms with Gasteiger partial charge in [0.2, 0.25) is 5.91 Å². The zero-order chi connectivity index (χ0) is 34.5. The fourth-order valence-corrected chi connectivity index (χ4v) is 4.37. The highest BCUT2D eigenvalue weighted by Crippen LogP contribution is 2.38. The summed E-state index contributed by atoms with van der Waals surface area (Å²) in [6.45, 7) is 6.78. The van der Waals surface area contributed by atoms with E-state index in [1.165, 1.54) is 13.8 Å². The average Bonchev–Trinajstić information content (AvgIpc) is 2.92. The number of hydrazine groups is 1. The molecule has 1 fully saturated rings. The van der Waals surface area contributed by atoms with Crippen LogP contribution in [0.4, 0.5) is 9.59 Å². The first kappa shape index (κ1) is 38.3. The first-order chi connectivity index (χ1) is 21.0. The van der Waals surface area contributed by atoms with Crippen LogP contribution in [-0.4, -0.2) is 116 Å². The fourth-order valence-electron chi connectivity index (χ4n) is 4.37. The highest BCUT2D eigenvalue weighted by molar-refractivity contribution is 5.86. The number of methoxy groups -OCH3 is 1. The van der Waals surface area contributed by atoms with Gasteiger partial charge in [-0.2, -0.15) is 5.01 Å². The van der Waals surface area contributed by atoms with E-state index in [0.29, 0.717) is 0 Å². The van der Waals surface area contributed by atoms with Gasteiger partial charge in [0.25, 0.3) is 5.72 Å². The second-order valence-corrected chi connectivity index (χ2v) is 9.33. The SMILES string of the molecule is CCOC(=O)NN(C(=O)OCC)C1(C(=O)OC)C[C@H](OC(C)=O)[C@@H](NC(C)=O)[C@H]([C@H](OC(C)=O)[C@@H](COC(C)=O)OC(C)=O)O1. The number of hydrogen-bond acceptors (Lipinski definition) is 16. The summed E-state index contributed by atoms with van der Waals surface area (Å²) in [5.74, 6) is -5.81. The number of hydrogen-bond donors (Lipinski definition) is 2. The second-order valence-electron chi connectivity index (χ2n) is 9.33. The molecule has 45 heavy (non-hydrogen) atoms. The van der Waals surface area contributed by atoms with Crippen LogP contribution in [0.15, 0.2) is 0 Å². The van der Waals surface area contributed by atoms with Crippen LogP contribution in [0.3, 0.4) is 0 Å². The number of amides is 3. The number of rotatable bonds is 12. The summed E-state index contributed by atoms with van der Waals surface area (Å²) in [6.07, 6.45) is -10.5. The largest absolute Gasteiger partial charge is 0.465 e. The van der Waals surface area contributed by atoms with Crippen LogP contribution in [0.5, 0.6) is 0 Å². The predicted octanol–water partition coefficient (Wildman–Crippen LogP) is -0.373. The van der Waals surface area contributed by atoms with Crippen molar-refractivity contribution in [2.45, 2.75) is 91.1 Å². The van der Waals surface area contributed by atoms with Crippen LogP contribution in [0.25, 0.3) is 0 Å². The van der Waals surface area contributed by atoms with Crippen LogP contribution in [0.2, 0.25) is 0 Å². The van der Waals surface area contributed by atoms with Crippen LogP contribution in [-0.2, 0) is 66.7 Å². The fraction of sp³-hybridized carbons (Fsp3) is 0.692. The molecule has 0 aromatic rings. The summed E-state index contributed by atoms with van der Waals surface area (Å²) in [7, 11) is 0.906. The molecule has 0 aliphatic carbocycles. The third kappa shape index (κ3) is 11.1. The smallest absolute Gasteiger partial charge is 0.432 e. The molecule has 2 N–H and O–H groups in total. The molecule has 0 aromatic carbocycles. The van der Waals surface area contributed by atoms with Gasteiger partial charge in [-0.1, -0.05) is 0 Å². The Morgan fingerprint density at radius 1 is 0.844 bits per heavy atom. The third-order valence-corrected chi connectivity index (χ3v) is 5.81. The van der Waals surface area contributed by atoms with Gasteiger partial charge in [-0.25, -0.2) is 19.8 Å². The third-order valence-electron chi connectivity index (χ3n) is 5.81. The van der Waals surface area contributed by atoms with Crippen LogP contribution in [0, 0.1) is 0 Å². The first-order valence-corrected chi connectivity index (χ1v) is 13.6. The van der Waals surface area contributed by atoms with Gasteiger partial charge in [0.15, 0.2) is 12.2 Å². The van der Waals surface area contributed by atoms with Crippen molar-refractivity contribution in [3.05, 3.63) is 0 Å². The van der Waals surface area contributed by atoms with Crippen LogP contribution in [0.1, 0.15) is 54.9 Å². The number of nitrogens with zero attached hydrogens (tertiary/aromatic N) is 1. The molecular formula is C26H39N3O16. The predicted molar refractivity (Wildman–Crippen MR) is 144 cm³/mol. The number of ether oxygens (including phenoxy) is 8. The molecule has 19 heteroatoms. The van der Waals surface area contributed by atoms with Gasteiger partial charge in [0.05, 0.1) is 26.4 Å². The molecule has 1 aliphatic heterocycles. The van der Waals surface area contributed by atoms with Crippen molar-refractivity contribution >= 4 is 47.9 Å². The van der Waals surface area contributed by atoms with Gasteiger partial charge in [-0.3, -0.25) is 24.0 Å². The minimum atomic E-state index is -2.80. The quantitative estimate of drug-likeness (QED) is 0.156. The minimum absolute atomic E-state index is 0.174. The number of nitrogens with one attached hydrogen (secondary N) is 2. The Kier molecular flexibility index (Phi) is 15.0. The molecule has 1 unspecified atom stereocenters. The Morgan fingerprint density at radius 2 is 1.44 bits per heavy atom. The van der Waals surface area contributed by atoms with Gasteiger partial charge in [-0.15, -0.1) is 0 Å². The molecule has 0 saturated carbocycles. The molecule has 6 atom stereocenters. The summed E-state index contributed by atoms with van der Waals surface area (Å²) >= 11 is 0. The van der Waals surface area contributed by atoms with Crippen LogP contribution >= 0.6 is 0 Å². The van der Waals surface area contributed by atoms with E-state index >= 15 is 0 Å². The maximum atomic E-state index is 13.6. The Bertz CT molecular complexity index is 1130. The van der Waals surface area contributed by atoms with Crippen molar-refractivity contribution in [2.24, 2.45) is 0 Å². The Balaban J connectivity index is 4.15. The second kappa shape index (κ2) is 17.6. The van der Waals surface area contributed by atoms with Crippen LogP contribution < -0.4 is 10.7 Å². The number of carbonyl (C=O) groups excluding carboxylic acids is 8. The highest BCUT2D eigenvalue weighted by atomic mass is 16.7. The molecule has 1 saturated heterocycles. The summed E-state index contributed by atoms with van der Waals surface area (Å²) in [5.41, 5.74) is -0.756. The van der Waals surface area contributed by atoms with E-state index in [2.05, 4.69) is 5.32 Å². The van der Waals surface area contributed by atoms with Crippen molar-refractivity contribution in [1.82, 2.24) is 15.8 Å². The average molecular weight is 650 g/mol. The molecule has 0 bridgehead atoms. The van der Waals surface area contributed by atoms with Crippen molar-refractivity contribution in [1.29, 1.82) is 0 Å². The van der Waals surface area contributed by atoms with Crippen molar-refractivity contribution in [3.63, 3.8) is 0 Å². The lowest BCUT2D eigenvalue weighted by Gasteiger charge is -2.51. The van der Waals surface area contributed by atoms with Gasteiger partial charge in [0, 0.05) is 41.0 Å². The van der Waals surface area contributed by atoms with E-state index in [1.807, 2.05) is 5.43 Å². The van der Waals surface area contributed by atoms with Crippen molar-refractivity contribution in [3.8, 4) is 0 Å². The van der Waals surface area contributed by atoms with E-state index in [1.54, 1.807) is 0 Å². The lowest BCUT2D eigenvalue weighted by Crippen LogP contribution is -2.75. The molecule has 1 aliphatic rings. The molecule has 19 nitrogen and oxygen atoms in total. The summed E-state index contributed by atoms with van der Waals surface area (Å²) in [6, 6.07) is -1.50. The molecule has 3 amide bonds. The molecule has 0 spiro atoms. The molecule has 0 radical (unpaired) electrons. The Hall–Kier alpha value is -4.68. The molecule has 1 rings (SSSR count). The molecule has 1 heterocycles. The van der Waals surface area contributed by atoms with E-state index in [9.17, 15) is 38.4 Å². The van der Waals surface area contributed by atoms with Gasteiger partial charge in [0.1, 0.15) is 18.8 Å². The molecular weight excluding hydrogens is 610 g/mol. The number of carbonyl (C=O) groups is 8. The zero-order valence-electron chi connectivity index (χ0n) is 26.2. The lowest BCUT2D eigenvalue weighted by atomic mass is 9.86. The monoisotopic (exact) mass is 649 g/mol. The standard InChI is InChI=1S/C26H39N3O16/c1-9-39-24(36)28-29(25(37)40-10-2)26(23(35)38-8)11-18(42-15(5)32)20(27-13(3)30)22(45-26)21(44-17(7)34)19(43-16(6)33)12-41-14(4)31/h18-22H,9-12H2,1-8H3,(H,27,30)(H,28,36)/t18-,19+,20+,21+,22+,26?/m0/s1. The highest BCUT2D eigenvalue weighted by Gasteiger charge is 2.63. The maximum absolute atomic E-state index is 13.6. The normalized spacial score (nSPS) is 21.8. The number of esters is 5. The summed E-state index contributed by atoms with van der Waals surface area (Å²) < 4.78 is 42.1. The maximum Gasteiger partial charge on any atom is 0.432 e.